The minimum Gasteiger partial charge on any atom is -0.489 e. The standard InChI is InChI=1S/C30H31NO5/c1-19-11-13-20(14-12-19)18-36-22-6-2-5-21(17-22)28-29-23(7-3-9-25(29)32)31(16-15-27(34)35)24-8-4-10-26(33)30(24)28/h2,5-6,11-14,17,28H,3-4,7-10,15-16,18H2,1H3,(H,34,35). The number of allylic oxidation sites excluding steroid dienone is 4. The van der Waals surface area contributed by atoms with Crippen molar-refractivity contribution in [2.75, 3.05) is 6.54 Å². The van der Waals surface area contributed by atoms with Crippen molar-refractivity contribution in [2.45, 2.75) is 64.4 Å². The Hall–Kier alpha value is -3.67. The molecule has 1 heterocycles. The van der Waals surface area contributed by atoms with E-state index in [1.165, 1.54) is 5.56 Å². The molecule has 6 heteroatoms. The third kappa shape index (κ3) is 4.72. The van der Waals surface area contributed by atoms with Gasteiger partial charge in [0, 0.05) is 47.8 Å². The van der Waals surface area contributed by atoms with Crippen LogP contribution in [0.4, 0.5) is 0 Å². The molecule has 186 valence electrons. The van der Waals surface area contributed by atoms with Gasteiger partial charge in [-0.05, 0) is 55.9 Å². The van der Waals surface area contributed by atoms with Crippen LogP contribution in [0.1, 0.15) is 67.6 Å². The number of nitrogens with zero attached hydrogens (tertiary/aromatic N) is 1. The molecular weight excluding hydrogens is 454 g/mol. The first-order chi connectivity index (χ1) is 17.4. The molecule has 5 rings (SSSR count). The SMILES string of the molecule is Cc1ccc(COc2cccc(C3C4=C(CCCC4=O)N(CCC(=O)O)C4=C3C(=O)CCC4)c2)cc1. The topological polar surface area (TPSA) is 83.9 Å². The van der Waals surface area contributed by atoms with Gasteiger partial charge in [0.15, 0.2) is 11.6 Å². The van der Waals surface area contributed by atoms with Crippen LogP contribution in [0.15, 0.2) is 71.1 Å². The van der Waals surface area contributed by atoms with Gasteiger partial charge in [0.05, 0.1) is 6.42 Å². The highest BCUT2D eigenvalue weighted by Gasteiger charge is 2.43. The lowest BCUT2D eigenvalue weighted by atomic mass is 9.71. The molecule has 2 aromatic carbocycles. The van der Waals surface area contributed by atoms with Crippen molar-refractivity contribution in [3.05, 3.63) is 87.8 Å². The normalized spacial score (nSPS) is 18.3. The Kier molecular flexibility index (Phi) is 6.77. The zero-order valence-corrected chi connectivity index (χ0v) is 20.6. The fraction of sp³-hybridized carbons (Fsp3) is 0.367. The highest BCUT2D eigenvalue weighted by Crippen LogP contribution is 2.49. The molecule has 1 N–H and O–H groups in total. The Morgan fingerprint density at radius 2 is 1.58 bits per heavy atom. The smallest absolute Gasteiger partial charge is 0.305 e. The van der Waals surface area contributed by atoms with E-state index in [1.807, 2.05) is 48.2 Å². The molecule has 0 aromatic heterocycles. The molecule has 36 heavy (non-hydrogen) atoms. The van der Waals surface area contributed by atoms with E-state index in [0.29, 0.717) is 49.2 Å². The first-order valence-electron chi connectivity index (χ1n) is 12.7. The van der Waals surface area contributed by atoms with Gasteiger partial charge in [0.2, 0.25) is 0 Å². The van der Waals surface area contributed by atoms with Gasteiger partial charge >= 0.3 is 5.97 Å². The largest absolute Gasteiger partial charge is 0.489 e. The van der Waals surface area contributed by atoms with Gasteiger partial charge in [0.25, 0.3) is 0 Å². The van der Waals surface area contributed by atoms with E-state index in [-0.39, 0.29) is 24.5 Å². The Bertz CT molecular complexity index is 1230. The summed E-state index contributed by atoms with van der Waals surface area (Å²) in [6.45, 7) is 2.75. The van der Waals surface area contributed by atoms with E-state index in [4.69, 9.17) is 4.74 Å². The lowest BCUT2D eigenvalue weighted by molar-refractivity contribution is -0.137. The van der Waals surface area contributed by atoms with Crippen LogP contribution in [-0.4, -0.2) is 34.1 Å². The van der Waals surface area contributed by atoms with Crippen LogP contribution in [0.2, 0.25) is 0 Å². The van der Waals surface area contributed by atoms with E-state index in [0.717, 1.165) is 35.4 Å². The zero-order chi connectivity index (χ0) is 25.2. The van der Waals surface area contributed by atoms with Crippen molar-refractivity contribution >= 4 is 17.5 Å². The monoisotopic (exact) mass is 485 g/mol. The molecule has 0 unspecified atom stereocenters. The van der Waals surface area contributed by atoms with Gasteiger partial charge in [-0.25, -0.2) is 0 Å². The van der Waals surface area contributed by atoms with Crippen LogP contribution in [0.25, 0.3) is 0 Å². The first kappa shape index (κ1) is 24.0. The third-order valence-electron chi connectivity index (χ3n) is 7.35. The lowest BCUT2D eigenvalue weighted by Gasteiger charge is -2.44. The molecule has 0 fully saturated rings. The molecule has 0 saturated heterocycles. The van der Waals surface area contributed by atoms with E-state index < -0.39 is 11.9 Å². The summed E-state index contributed by atoms with van der Waals surface area (Å²) < 4.78 is 6.10. The van der Waals surface area contributed by atoms with E-state index in [9.17, 15) is 19.5 Å². The number of Topliss-reactive ketones (excluding diaryl/α,β-unsaturated/α-hetero) is 2. The maximum Gasteiger partial charge on any atom is 0.305 e. The number of benzene rings is 2. The highest BCUT2D eigenvalue weighted by atomic mass is 16.5. The number of carboxylic acid groups (broad SMARTS) is 1. The van der Waals surface area contributed by atoms with Crippen molar-refractivity contribution in [1.29, 1.82) is 0 Å². The Morgan fingerprint density at radius 1 is 0.944 bits per heavy atom. The number of aliphatic carboxylic acids is 1. The van der Waals surface area contributed by atoms with Gasteiger partial charge in [0.1, 0.15) is 12.4 Å². The fourth-order valence-corrected chi connectivity index (χ4v) is 5.66. The molecule has 2 aromatic rings. The van der Waals surface area contributed by atoms with Crippen LogP contribution < -0.4 is 4.74 Å². The predicted octanol–water partition coefficient (Wildman–Crippen LogP) is 5.46. The van der Waals surface area contributed by atoms with Crippen LogP contribution in [0, 0.1) is 6.92 Å². The molecule has 1 aliphatic heterocycles. The molecule has 6 nitrogen and oxygen atoms in total. The second-order valence-corrected chi connectivity index (χ2v) is 9.85. The Balaban J connectivity index is 1.54. The molecule has 0 saturated carbocycles. The van der Waals surface area contributed by atoms with Crippen molar-refractivity contribution in [3.63, 3.8) is 0 Å². The van der Waals surface area contributed by atoms with Crippen molar-refractivity contribution in [2.24, 2.45) is 0 Å². The van der Waals surface area contributed by atoms with E-state index in [1.54, 1.807) is 0 Å². The number of rotatable bonds is 7. The van der Waals surface area contributed by atoms with Gasteiger partial charge in [-0.2, -0.15) is 0 Å². The van der Waals surface area contributed by atoms with Gasteiger partial charge in [-0.3, -0.25) is 14.4 Å². The minimum atomic E-state index is -0.885. The van der Waals surface area contributed by atoms with Crippen LogP contribution in [-0.2, 0) is 21.0 Å². The molecule has 2 aliphatic carbocycles. The summed E-state index contributed by atoms with van der Waals surface area (Å²) in [6, 6.07) is 15.9. The Labute approximate surface area is 211 Å². The second-order valence-electron chi connectivity index (χ2n) is 9.85. The van der Waals surface area contributed by atoms with Crippen LogP contribution in [0.3, 0.4) is 0 Å². The number of hydrogen-bond acceptors (Lipinski definition) is 5. The number of ether oxygens (including phenoxy) is 1. The summed E-state index contributed by atoms with van der Waals surface area (Å²) in [7, 11) is 0. The average Bonchev–Trinajstić information content (AvgIpc) is 2.87. The van der Waals surface area contributed by atoms with Gasteiger partial charge in [-0.1, -0.05) is 42.0 Å². The molecular formula is C30H31NO5. The van der Waals surface area contributed by atoms with Gasteiger partial charge in [-0.15, -0.1) is 0 Å². The summed E-state index contributed by atoms with van der Waals surface area (Å²) in [4.78, 5) is 40.0. The van der Waals surface area contributed by atoms with Gasteiger partial charge < -0.3 is 14.7 Å². The zero-order valence-electron chi connectivity index (χ0n) is 20.6. The first-order valence-corrected chi connectivity index (χ1v) is 12.7. The number of aryl methyl sites for hydroxylation is 1. The maximum atomic E-state index is 13.3. The molecule has 0 bridgehead atoms. The summed E-state index contributed by atoms with van der Waals surface area (Å²) in [5.74, 6) is -0.518. The highest BCUT2D eigenvalue weighted by molar-refractivity contribution is 6.06. The summed E-state index contributed by atoms with van der Waals surface area (Å²) in [5.41, 5.74) is 6.26. The number of ketones is 2. The number of carbonyl (C=O) groups excluding carboxylic acids is 2. The lowest BCUT2D eigenvalue weighted by Crippen LogP contribution is -2.39. The third-order valence-corrected chi connectivity index (χ3v) is 7.35. The van der Waals surface area contributed by atoms with Crippen molar-refractivity contribution in [1.82, 2.24) is 4.90 Å². The summed E-state index contributed by atoms with van der Waals surface area (Å²) in [6.07, 6.45) is 3.76. The number of carbonyl (C=O) groups is 3. The molecule has 0 spiro atoms. The molecule has 0 radical (unpaired) electrons. The quantitative estimate of drug-likeness (QED) is 0.561. The Morgan fingerprint density at radius 3 is 2.19 bits per heavy atom. The molecule has 0 amide bonds. The second kappa shape index (κ2) is 10.1. The molecule has 3 aliphatic rings. The van der Waals surface area contributed by atoms with Crippen LogP contribution in [0.5, 0.6) is 5.75 Å². The maximum absolute atomic E-state index is 13.3. The summed E-state index contributed by atoms with van der Waals surface area (Å²) >= 11 is 0. The van der Waals surface area contributed by atoms with Crippen molar-refractivity contribution in [3.8, 4) is 5.75 Å². The van der Waals surface area contributed by atoms with Crippen molar-refractivity contribution < 1.29 is 24.2 Å². The predicted molar refractivity (Wildman–Crippen MR) is 135 cm³/mol. The molecule has 0 atom stereocenters. The average molecular weight is 486 g/mol. The number of carboxylic acids is 1. The minimum absolute atomic E-state index is 0.0387. The van der Waals surface area contributed by atoms with E-state index >= 15 is 0 Å². The fourth-order valence-electron chi connectivity index (χ4n) is 5.66. The van der Waals surface area contributed by atoms with E-state index in [2.05, 4.69) is 12.1 Å². The number of hydrogen-bond donors (Lipinski definition) is 1. The van der Waals surface area contributed by atoms with Crippen LogP contribution >= 0.6 is 0 Å². The summed E-state index contributed by atoms with van der Waals surface area (Å²) in [5, 5.41) is 9.34.